The van der Waals surface area contributed by atoms with Crippen LogP contribution in [-0.2, 0) is 4.74 Å². The van der Waals surface area contributed by atoms with Gasteiger partial charge in [0.1, 0.15) is 0 Å². The molecule has 4 heteroatoms. The van der Waals surface area contributed by atoms with Crippen LogP contribution in [0.5, 0.6) is 0 Å². The average molecular weight is 266 g/mol. The quantitative estimate of drug-likeness (QED) is 0.786. The molecule has 0 spiro atoms. The van der Waals surface area contributed by atoms with Crippen molar-refractivity contribution in [3.8, 4) is 0 Å². The summed E-state index contributed by atoms with van der Waals surface area (Å²) in [6.07, 6.45) is 3.13. The van der Waals surface area contributed by atoms with Crippen LogP contribution in [0, 0.1) is 0 Å². The Morgan fingerprint density at radius 1 is 1.32 bits per heavy atom. The largest absolute Gasteiger partial charge is 0.387 e. The van der Waals surface area contributed by atoms with Crippen LogP contribution in [0.2, 0.25) is 0 Å². The lowest BCUT2D eigenvalue weighted by molar-refractivity contribution is 0.169. The number of hydrogen-bond donors (Lipinski definition) is 1. The number of nitrogens with zero attached hydrogens (tertiary/aromatic N) is 2. The highest BCUT2D eigenvalue weighted by atomic mass is 16.5. The standard InChI is InChI=1S/C15H26N2O2/c1-5-12(3)17(9-10-19-4)13-7-8-14(16-11-13)15(18)6-2/h7-8,11-12,15,18H,5-6,9-10H2,1-4H3/t12?,15-/m0/s1. The third kappa shape index (κ3) is 4.48. The minimum atomic E-state index is -0.468. The Balaban J connectivity index is 2.84. The molecule has 0 bridgehead atoms. The molecule has 19 heavy (non-hydrogen) atoms. The van der Waals surface area contributed by atoms with Gasteiger partial charge in [0.15, 0.2) is 0 Å². The van der Waals surface area contributed by atoms with E-state index in [2.05, 4.69) is 23.7 Å². The normalized spacial score (nSPS) is 14.2. The second-order valence-corrected chi connectivity index (χ2v) is 4.81. The van der Waals surface area contributed by atoms with Gasteiger partial charge in [0.25, 0.3) is 0 Å². The molecule has 1 unspecified atom stereocenters. The Labute approximate surface area is 116 Å². The molecule has 0 saturated carbocycles. The number of ether oxygens (including phenoxy) is 1. The van der Waals surface area contributed by atoms with Crippen molar-refractivity contribution in [1.82, 2.24) is 4.98 Å². The molecule has 1 rings (SSSR count). The van der Waals surface area contributed by atoms with Crippen LogP contribution in [0.1, 0.15) is 45.4 Å². The number of methoxy groups -OCH3 is 1. The van der Waals surface area contributed by atoms with Crippen molar-refractivity contribution in [2.45, 2.75) is 45.8 Å². The van der Waals surface area contributed by atoms with E-state index in [9.17, 15) is 5.11 Å². The minimum absolute atomic E-state index is 0.443. The molecule has 1 heterocycles. The molecule has 0 aliphatic carbocycles. The van der Waals surface area contributed by atoms with Crippen LogP contribution in [0.3, 0.4) is 0 Å². The highest BCUT2D eigenvalue weighted by Gasteiger charge is 2.14. The fourth-order valence-electron chi connectivity index (χ4n) is 1.99. The van der Waals surface area contributed by atoms with Gasteiger partial charge in [-0.15, -0.1) is 0 Å². The molecule has 0 saturated heterocycles. The molecular formula is C15H26N2O2. The van der Waals surface area contributed by atoms with Crippen LogP contribution in [-0.4, -0.2) is 36.4 Å². The minimum Gasteiger partial charge on any atom is -0.387 e. The number of rotatable bonds is 8. The summed E-state index contributed by atoms with van der Waals surface area (Å²) in [4.78, 5) is 6.65. The first-order chi connectivity index (χ1) is 9.13. The maximum Gasteiger partial charge on any atom is 0.0957 e. The first-order valence-electron chi connectivity index (χ1n) is 7.03. The van der Waals surface area contributed by atoms with Gasteiger partial charge in [0.2, 0.25) is 0 Å². The molecule has 1 N–H and O–H groups in total. The number of aliphatic hydroxyl groups is 1. The van der Waals surface area contributed by atoms with Gasteiger partial charge in [-0.25, -0.2) is 0 Å². The molecule has 0 radical (unpaired) electrons. The predicted molar refractivity (Wildman–Crippen MR) is 78.5 cm³/mol. The topological polar surface area (TPSA) is 45.6 Å². The zero-order valence-electron chi connectivity index (χ0n) is 12.5. The molecule has 1 aromatic rings. The van der Waals surface area contributed by atoms with E-state index in [-0.39, 0.29) is 0 Å². The summed E-state index contributed by atoms with van der Waals surface area (Å²) in [5.41, 5.74) is 1.82. The summed E-state index contributed by atoms with van der Waals surface area (Å²) in [6, 6.07) is 4.38. The van der Waals surface area contributed by atoms with Gasteiger partial charge in [-0.3, -0.25) is 4.98 Å². The Bertz CT molecular complexity index is 354. The lowest BCUT2D eigenvalue weighted by Crippen LogP contribution is -2.35. The summed E-state index contributed by atoms with van der Waals surface area (Å²) < 4.78 is 5.17. The molecule has 2 atom stereocenters. The highest BCUT2D eigenvalue weighted by molar-refractivity contribution is 5.45. The van der Waals surface area contributed by atoms with Crippen LogP contribution in [0.4, 0.5) is 5.69 Å². The van der Waals surface area contributed by atoms with Crippen molar-refractivity contribution in [2.75, 3.05) is 25.2 Å². The zero-order valence-corrected chi connectivity index (χ0v) is 12.5. The Hall–Kier alpha value is -1.13. The Morgan fingerprint density at radius 3 is 2.53 bits per heavy atom. The van der Waals surface area contributed by atoms with Crippen molar-refractivity contribution in [3.05, 3.63) is 24.0 Å². The maximum absolute atomic E-state index is 9.76. The van der Waals surface area contributed by atoms with E-state index in [1.165, 1.54) is 0 Å². The SMILES string of the molecule is CCC(C)N(CCOC)c1ccc([C@@H](O)CC)nc1. The monoisotopic (exact) mass is 266 g/mol. The number of pyridine rings is 1. The van der Waals surface area contributed by atoms with Gasteiger partial charge in [-0.2, -0.15) is 0 Å². The summed E-state index contributed by atoms with van der Waals surface area (Å²) in [5.74, 6) is 0. The third-order valence-electron chi connectivity index (χ3n) is 3.49. The molecule has 1 aromatic heterocycles. The van der Waals surface area contributed by atoms with E-state index < -0.39 is 6.10 Å². The molecule has 0 aromatic carbocycles. The summed E-state index contributed by atoms with van der Waals surface area (Å²) in [6.45, 7) is 7.87. The van der Waals surface area contributed by atoms with Gasteiger partial charge in [-0.1, -0.05) is 13.8 Å². The van der Waals surface area contributed by atoms with E-state index in [4.69, 9.17) is 4.74 Å². The van der Waals surface area contributed by atoms with E-state index in [1.807, 2.05) is 25.3 Å². The second kappa shape index (κ2) is 8.12. The fourth-order valence-corrected chi connectivity index (χ4v) is 1.99. The summed E-state index contributed by atoms with van der Waals surface area (Å²) in [7, 11) is 1.72. The van der Waals surface area contributed by atoms with Crippen molar-refractivity contribution in [3.63, 3.8) is 0 Å². The zero-order chi connectivity index (χ0) is 14.3. The van der Waals surface area contributed by atoms with Gasteiger partial charge in [-0.05, 0) is 31.9 Å². The van der Waals surface area contributed by atoms with Crippen LogP contribution >= 0.6 is 0 Å². The van der Waals surface area contributed by atoms with E-state index in [1.54, 1.807) is 7.11 Å². The van der Waals surface area contributed by atoms with Crippen molar-refractivity contribution < 1.29 is 9.84 Å². The van der Waals surface area contributed by atoms with Gasteiger partial charge >= 0.3 is 0 Å². The first-order valence-corrected chi connectivity index (χ1v) is 7.03. The number of aliphatic hydroxyl groups excluding tert-OH is 1. The van der Waals surface area contributed by atoms with Crippen molar-refractivity contribution >= 4 is 5.69 Å². The van der Waals surface area contributed by atoms with Crippen molar-refractivity contribution in [2.24, 2.45) is 0 Å². The number of anilines is 1. The summed E-state index contributed by atoms with van der Waals surface area (Å²) >= 11 is 0. The molecular weight excluding hydrogens is 240 g/mol. The lowest BCUT2D eigenvalue weighted by atomic mass is 10.1. The van der Waals surface area contributed by atoms with E-state index >= 15 is 0 Å². The van der Waals surface area contributed by atoms with Crippen LogP contribution < -0.4 is 4.90 Å². The van der Waals surface area contributed by atoms with Gasteiger partial charge < -0.3 is 14.7 Å². The van der Waals surface area contributed by atoms with Crippen LogP contribution in [0.15, 0.2) is 18.3 Å². The van der Waals surface area contributed by atoms with Gasteiger partial charge in [0, 0.05) is 19.7 Å². The average Bonchev–Trinajstić information content (AvgIpc) is 2.47. The molecule has 108 valence electrons. The first kappa shape index (κ1) is 15.9. The molecule has 0 fully saturated rings. The predicted octanol–water partition coefficient (Wildman–Crippen LogP) is 2.78. The molecule has 0 aliphatic rings. The third-order valence-corrected chi connectivity index (χ3v) is 3.49. The number of hydrogen-bond acceptors (Lipinski definition) is 4. The molecule has 4 nitrogen and oxygen atoms in total. The maximum atomic E-state index is 9.76. The number of aromatic nitrogens is 1. The van der Waals surface area contributed by atoms with Crippen LogP contribution in [0.25, 0.3) is 0 Å². The Morgan fingerprint density at radius 2 is 2.05 bits per heavy atom. The van der Waals surface area contributed by atoms with Crippen molar-refractivity contribution in [1.29, 1.82) is 0 Å². The second-order valence-electron chi connectivity index (χ2n) is 4.81. The van der Waals surface area contributed by atoms with E-state index in [0.29, 0.717) is 19.1 Å². The summed E-state index contributed by atoms with van der Waals surface area (Å²) in [5, 5.41) is 9.76. The van der Waals surface area contributed by atoms with E-state index in [0.717, 1.165) is 24.3 Å². The lowest BCUT2D eigenvalue weighted by Gasteiger charge is -2.30. The van der Waals surface area contributed by atoms with Gasteiger partial charge in [0.05, 0.1) is 30.3 Å². The molecule has 0 amide bonds. The molecule has 0 aliphatic heterocycles. The fraction of sp³-hybridized carbons (Fsp3) is 0.667. The highest BCUT2D eigenvalue weighted by Crippen LogP contribution is 2.20. The Kier molecular flexibility index (Phi) is 6.81. The smallest absolute Gasteiger partial charge is 0.0957 e.